The Balaban J connectivity index is 1.92. The smallest absolute Gasteiger partial charge is 0.123 e. The molecule has 1 unspecified atom stereocenters. The average Bonchev–Trinajstić information content (AvgIpc) is 2.69. The fourth-order valence-electron chi connectivity index (χ4n) is 2.69. The van der Waals surface area contributed by atoms with E-state index >= 15 is 0 Å². The number of aromatic nitrogens is 1. The van der Waals surface area contributed by atoms with Crippen molar-refractivity contribution in [3.8, 4) is 0 Å². The van der Waals surface area contributed by atoms with Crippen LogP contribution in [0.5, 0.6) is 0 Å². The van der Waals surface area contributed by atoms with Gasteiger partial charge in [-0.15, -0.1) is 0 Å². The Labute approximate surface area is 119 Å². The molecule has 0 aliphatic heterocycles. The minimum atomic E-state index is -0.927. The molecule has 0 saturated heterocycles. The first kappa shape index (κ1) is 12.8. The molecule has 2 aromatic rings. The van der Waals surface area contributed by atoms with E-state index in [2.05, 4.69) is 20.9 Å². The van der Waals surface area contributed by atoms with Crippen molar-refractivity contribution in [2.45, 2.75) is 24.9 Å². The lowest BCUT2D eigenvalue weighted by Gasteiger charge is -2.23. The summed E-state index contributed by atoms with van der Waals surface area (Å²) in [6.07, 6.45) is 3.50. The topological polar surface area (TPSA) is 33.1 Å². The third-order valence-electron chi connectivity index (χ3n) is 3.64. The van der Waals surface area contributed by atoms with Crippen LogP contribution in [0.25, 0.3) is 0 Å². The van der Waals surface area contributed by atoms with Gasteiger partial charge >= 0.3 is 0 Å². The Bertz CT molecular complexity index is 614. The molecule has 4 heteroatoms. The van der Waals surface area contributed by atoms with Gasteiger partial charge in [-0.1, -0.05) is 6.07 Å². The van der Waals surface area contributed by atoms with Crippen LogP contribution >= 0.6 is 15.9 Å². The molecule has 3 rings (SSSR count). The van der Waals surface area contributed by atoms with E-state index < -0.39 is 5.60 Å². The zero-order valence-electron chi connectivity index (χ0n) is 10.2. The van der Waals surface area contributed by atoms with Crippen LogP contribution in [-0.2, 0) is 18.4 Å². The molecule has 2 nitrogen and oxygen atoms in total. The molecule has 1 aromatic carbocycles. The molecular formula is C15H13BrFNO. The van der Waals surface area contributed by atoms with Gasteiger partial charge in [0.2, 0.25) is 0 Å². The highest BCUT2D eigenvalue weighted by Gasteiger charge is 2.37. The molecule has 1 N–H and O–H groups in total. The SMILES string of the molecule is OC1(Cc2ccc(Br)cn2)CCc2cc(F)ccc21. The van der Waals surface area contributed by atoms with Gasteiger partial charge in [0.1, 0.15) is 5.82 Å². The second-order valence-electron chi connectivity index (χ2n) is 4.98. The molecule has 1 heterocycles. The van der Waals surface area contributed by atoms with Crippen molar-refractivity contribution in [1.29, 1.82) is 0 Å². The van der Waals surface area contributed by atoms with Crippen LogP contribution in [0.3, 0.4) is 0 Å². The molecule has 0 amide bonds. The van der Waals surface area contributed by atoms with Crippen molar-refractivity contribution in [3.63, 3.8) is 0 Å². The molecule has 0 saturated carbocycles. The molecule has 1 aliphatic rings. The average molecular weight is 322 g/mol. The summed E-state index contributed by atoms with van der Waals surface area (Å²) < 4.78 is 14.1. The minimum Gasteiger partial charge on any atom is -0.385 e. The van der Waals surface area contributed by atoms with E-state index in [-0.39, 0.29) is 5.82 Å². The maximum atomic E-state index is 13.2. The third kappa shape index (κ3) is 2.42. The number of nitrogens with zero attached hydrogens (tertiary/aromatic N) is 1. The van der Waals surface area contributed by atoms with Crippen molar-refractivity contribution >= 4 is 15.9 Å². The molecule has 19 heavy (non-hydrogen) atoms. The molecular weight excluding hydrogens is 309 g/mol. The van der Waals surface area contributed by atoms with Crippen molar-refractivity contribution in [2.24, 2.45) is 0 Å². The summed E-state index contributed by atoms with van der Waals surface area (Å²) in [5.74, 6) is -0.246. The Morgan fingerprint density at radius 1 is 1.32 bits per heavy atom. The highest BCUT2D eigenvalue weighted by molar-refractivity contribution is 9.10. The maximum Gasteiger partial charge on any atom is 0.123 e. The summed E-state index contributed by atoms with van der Waals surface area (Å²) in [4.78, 5) is 4.30. The van der Waals surface area contributed by atoms with E-state index in [1.165, 1.54) is 12.1 Å². The number of pyridine rings is 1. The summed E-state index contributed by atoms with van der Waals surface area (Å²) in [6.45, 7) is 0. The van der Waals surface area contributed by atoms with E-state index in [1.807, 2.05) is 12.1 Å². The number of halogens is 2. The van der Waals surface area contributed by atoms with E-state index in [0.29, 0.717) is 19.3 Å². The highest BCUT2D eigenvalue weighted by atomic mass is 79.9. The quantitative estimate of drug-likeness (QED) is 0.920. The lowest BCUT2D eigenvalue weighted by Crippen LogP contribution is -2.25. The van der Waals surface area contributed by atoms with Gasteiger partial charge in [-0.3, -0.25) is 4.98 Å². The van der Waals surface area contributed by atoms with Crippen LogP contribution in [0.1, 0.15) is 23.2 Å². The van der Waals surface area contributed by atoms with Crippen LogP contribution in [0, 0.1) is 5.82 Å². The number of hydrogen-bond donors (Lipinski definition) is 1. The molecule has 0 fully saturated rings. The molecule has 1 atom stereocenters. The number of fused-ring (bicyclic) bond motifs is 1. The predicted octanol–water partition coefficient (Wildman–Crippen LogP) is 3.36. The van der Waals surface area contributed by atoms with Gasteiger partial charge in [-0.25, -0.2) is 4.39 Å². The second-order valence-corrected chi connectivity index (χ2v) is 5.89. The Morgan fingerprint density at radius 2 is 2.16 bits per heavy atom. The van der Waals surface area contributed by atoms with Crippen LogP contribution < -0.4 is 0 Å². The highest BCUT2D eigenvalue weighted by Crippen LogP contribution is 2.39. The first-order valence-electron chi connectivity index (χ1n) is 6.18. The lowest BCUT2D eigenvalue weighted by molar-refractivity contribution is 0.0379. The summed E-state index contributed by atoms with van der Waals surface area (Å²) in [5, 5.41) is 10.8. The van der Waals surface area contributed by atoms with Crippen molar-refractivity contribution < 1.29 is 9.50 Å². The van der Waals surface area contributed by atoms with Crippen LogP contribution in [0.15, 0.2) is 41.0 Å². The van der Waals surface area contributed by atoms with E-state index in [0.717, 1.165) is 21.3 Å². The number of hydrogen-bond acceptors (Lipinski definition) is 2. The number of aryl methyl sites for hydroxylation is 1. The summed E-state index contributed by atoms with van der Waals surface area (Å²) in [7, 11) is 0. The minimum absolute atomic E-state index is 0.246. The Hall–Kier alpha value is -1.26. The van der Waals surface area contributed by atoms with Crippen molar-refractivity contribution in [1.82, 2.24) is 4.98 Å². The zero-order valence-corrected chi connectivity index (χ0v) is 11.8. The van der Waals surface area contributed by atoms with Gasteiger partial charge in [0.15, 0.2) is 0 Å². The maximum absolute atomic E-state index is 13.2. The molecule has 1 aromatic heterocycles. The van der Waals surface area contributed by atoms with Gasteiger partial charge in [0, 0.05) is 22.8 Å². The van der Waals surface area contributed by atoms with Gasteiger partial charge in [-0.2, -0.15) is 0 Å². The molecule has 0 spiro atoms. The van der Waals surface area contributed by atoms with E-state index in [1.54, 1.807) is 12.3 Å². The van der Waals surface area contributed by atoms with E-state index in [9.17, 15) is 9.50 Å². The lowest BCUT2D eigenvalue weighted by atomic mass is 9.90. The fourth-order valence-corrected chi connectivity index (χ4v) is 2.93. The monoisotopic (exact) mass is 321 g/mol. The molecule has 0 bridgehead atoms. The van der Waals surface area contributed by atoms with Gasteiger partial charge in [-0.05, 0) is 64.2 Å². The largest absolute Gasteiger partial charge is 0.385 e. The Kier molecular flexibility index (Phi) is 3.15. The van der Waals surface area contributed by atoms with Crippen molar-refractivity contribution in [3.05, 3.63) is 63.6 Å². The fraction of sp³-hybridized carbons (Fsp3) is 0.267. The Morgan fingerprint density at radius 3 is 2.89 bits per heavy atom. The van der Waals surface area contributed by atoms with Crippen molar-refractivity contribution in [2.75, 3.05) is 0 Å². The summed E-state index contributed by atoms with van der Waals surface area (Å²) >= 11 is 3.34. The zero-order chi connectivity index (χ0) is 13.5. The first-order valence-corrected chi connectivity index (χ1v) is 6.98. The third-order valence-corrected chi connectivity index (χ3v) is 4.11. The predicted molar refractivity (Wildman–Crippen MR) is 74.3 cm³/mol. The van der Waals surface area contributed by atoms with Crippen LogP contribution in [-0.4, -0.2) is 10.1 Å². The molecule has 98 valence electrons. The van der Waals surface area contributed by atoms with Gasteiger partial charge in [0.05, 0.1) is 5.60 Å². The van der Waals surface area contributed by atoms with Gasteiger partial charge in [0.25, 0.3) is 0 Å². The number of benzene rings is 1. The van der Waals surface area contributed by atoms with Crippen LogP contribution in [0.2, 0.25) is 0 Å². The van der Waals surface area contributed by atoms with E-state index in [4.69, 9.17) is 0 Å². The van der Waals surface area contributed by atoms with Crippen LogP contribution in [0.4, 0.5) is 4.39 Å². The number of aliphatic hydroxyl groups is 1. The molecule has 1 aliphatic carbocycles. The second kappa shape index (κ2) is 4.69. The van der Waals surface area contributed by atoms with Gasteiger partial charge < -0.3 is 5.11 Å². The summed E-state index contributed by atoms with van der Waals surface area (Å²) in [5.41, 5.74) is 1.64. The standard InChI is InChI=1S/C15H13BrFNO/c16-11-1-3-13(18-9-11)8-15(19)6-5-10-7-12(17)2-4-14(10)15/h1-4,7,9,19H,5-6,8H2. The normalized spacial score (nSPS) is 21.4. The first-order chi connectivity index (χ1) is 9.07. The molecule has 0 radical (unpaired) electrons. The number of rotatable bonds is 2. The summed E-state index contributed by atoms with van der Waals surface area (Å²) in [6, 6.07) is 8.42.